The van der Waals surface area contributed by atoms with Gasteiger partial charge in [0.1, 0.15) is 0 Å². The first-order valence-corrected chi connectivity index (χ1v) is 10.2. The number of carbonyl (C=O) groups excluding carboxylic acids is 4. The van der Waals surface area contributed by atoms with E-state index in [1.165, 1.54) is 0 Å². The van der Waals surface area contributed by atoms with Gasteiger partial charge in [0.15, 0.2) is 0 Å². The van der Waals surface area contributed by atoms with Gasteiger partial charge in [-0.15, -0.1) is 0 Å². The minimum atomic E-state index is -0.529. The molecule has 0 aliphatic heterocycles. The molecule has 146 valence electrons. The SMILES string of the molecule is O=C(CCC(=O)NNC(=O)c1ccccc1I)NNC(=O)c1ccccc1I. The predicted molar refractivity (Wildman–Crippen MR) is 119 cm³/mol. The largest absolute Gasteiger partial charge is 0.273 e. The normalized spacial score (nSPS) is 9.93. The zero-order valence-corrected chi connectivity index (χ0v) is 18.7. The average Bonchev–Trinajstić information content (AvgIpc) is 2.69. The number of carbonyl (C=O) groups is 4. The zero-order chi connectivity index (χ0) is 20.5. The molecule has 0 bridgehead atoms. The van der Waals surface area contributed by atoms with Crippen LogP contribution in [0.15, 0.2) is 48.5 Å². The predicted octanol–water partition coefficient (Wildman–Crippen LogP) is 1.90. The highest BCUT2D eigenvalue weighted by molar-refractivity contribution is 14.1. The molecule has 8 nitrogen and oxygen atoms in total. The Kier molecular flexibility index (Phi) is 8.63. The van der Waals surface area contributed by atoms with E-state index in [2.05, 4.69) is 21.7 Å². The third kappa shape index (κ3) is 6.74. The molecule has 0 fully saturated rings. The summed E-state index contributed by atoms with van der Waals surface area (Å²) in [7, 11) is 0. The third-order valence-electron chi connectivity index (χ3n) is 3.45. The third-order valence-corrected chi connectivity index (χ3v) is 5.33. The van der Waals surface area contributed by atoms with Gasteiger partial charge in [-0.05, 0) is 69.4 Å². The molecule has 2 aromatic carbocycles. The molecule has 0 unspecified atom stereocenters. The van der Waals surface area contributed by atoms with Crippen molar-refractivity contribution in [1.82, 2.24) is 21.7 Å². The molecule has 0 spiro atoms. The Hall–Kier alpha value is -2.22. The Labute approximate surface area is 188 Å². The highest BCUT2D eigenvalue weighted by atomic mass is 127. The van der Waals surface area contributed by atoms with Gasteiger partial charge in [-0.1, -0.05) is 24.3 Å². The zero-order valence-electron chi connectivity index (χ0n) is 14.4. The quantitative estimate of drug-likeness (QED) is 0.308. The summed E-state index contributed by atoms with van der Waals surface area (Å²) in [5.41, 5.74) is 9.95. The molecule has 0 aliphatic rings. The van der Waals surface area contributed by atoms with Gasteiger partial charge in [0.05, 0.1) is 11.1 Å². The van der Waals surface area contributed by atoms with Gasteiger partial charge in [-0.25, -0.2) is 0 Å². The summed E-state index contributed by atoms with van der Waals surface area (Å²) in [6.45, 7) is 0. The van der Waals surface area contributed by atoms with Crippen molar-refractivity contribution in [3.63, 3.8) is 0 Å². The molecule has 0 aliphatic carbocycles. The second-order valence-electron chi connectivity index (χ2n) is 5.46. The van der Waals surface area contributed by atoms with Crippen molar-refractivity contribution in [2.45, 2.75) is 12.8 Å². The van der Waals surface area contributed by atoms with Crippen LogP contribution in [0.1, 0.15) is 33.6 Å². The van der Waals surface area contributed by atoms with Gasteiger partial charge in [0, 0.05) is 20.0 Å². The Balaban J connectivity index is 1.70. The van der Waals surface area contributed by atoms with Gasteiger partial charge in [0.25, 0.3) is 11.8 Å². The maximum Gasteiger partial charge on any atom is 0.270 e. The molecule has 0 aromatic heterocycles. The number of hydrazine groups is 2. The van der Waals surface area contributed by atoms with Gasteiger partial charge in [0.2, 0.25) is 11.8 Å². The second kappa shape index (κ2) is 10.9. The minimum Gasteiger partial charge on any atom is -0.273 e. The fourth-order valence-electron chi connectivity index (χ4n) is 2.03. The molecule has 10 heteroatoms. The lowest BCUT2D eigenvalue weighted by molar-refractivity contribution is -0.127. The van der Waals surface area contributed by atoms with Gasteiger partial charge < -0.3 is 0 Å². The first-order valence-electron chi connectivity index (χ1n) is 8.06. The molecule has 4 amide bonds. The van der Waals surface area contributed by atoms with E-state index >= 15 is 0 Å². The number of rotatable bonds is 5. The van der Waals surface area contributed by atoms with Gasteiger partial charge in [-0.3, -0.25) is 40.9 Å². The summed E-state index contributed by atoms with van der Waals surface area (Å²) in [5.74, 6) is -1.96. The standard InChI is InChI=1S/C18H16I2N4O4/c19-13-7-3-1-5-11(13)17(27)23-21-15(25)9-10-16(26)22-24-18(28)12-6-2-4-8-14(12)20/h1-8H,9-10H2,(H,21,25)(H,22,26)(H,23,27)(H,24,28). The maximum atomic E-state index is 12.0. The number of nitrogens with one attached hydrogen (secondary N) is 4. The summed E-state index contributed by atoms with van der Waals surface area (Å²) >= 11 is 4.03. The molecule has 0 radical (unpaired) electrons. The first-order chi connectivity index (χ1) is 13.4. The molecule has 0 saturated carbocycles. The summed E-state index contributed by atoms with van der Waals surface area (Å²) in [5, 5.41) is 0. The first kappa shape index (κ1) is 22.1. The van der Waals surface area contributed by atoms with Crippen molar-refractivity contribution >= 4 is 68.8 Å². The van der Waals surface area contributed by atoms with Crippen LogP contribution in [0.25, 0.3) is 0 Å². The van der Waals surface area contributed by atoms with Crippen LogP contribution >= 0.6 is 45.2 Å². The topological polar surface area (TPSA) is 116 Å². The van der Waals surface area contributed by atoms with E-state index in [4.69, 9.17) is 0 Å². The average molecular weight is 606 g/mol. The van der Waals surface area contributed by atoms with Crippen LogP contribution in [-0.4, -0.2) is 23.6 Å². The maximum absolute atomic E-state index is 12.0. The summed E-state index contributed by atoms with van der Waals surface area (Å²) in [6, 6.07) is 13.8. The van der Waals surface area contributed by atoms with Crippen molar-refractivity contribution in [1.29, 1.82) is 0 Å². The van der Waals surface area contributed by atoms with Crippen molar-refractivity contribution < 1.29 is 19.2 Å². The van der Waals surface area contributed by atoms with Crippen LogP contribution in [0.5, 0.6) is 0 Å². The van der Waals surface area contributed by atoms with E-state index in [0.717, 1.165) is 7.14 Å². The van der Waals surface area contributed by atoms with E-state index in [0.29, 0.717) is 11.1 Å². The molecule has 0 atom stereocenters. The Morgan fingerprint density at radius 3 is 1.32 bits per heavy atom. The van der Waals surface area contributed by atoms with E-state index < -0.39 is 23.6 Å². The van der Waals surface area contributed by atoms with Gasteiger partial charge >= 0.3 is 0 Å². The van der Waals surface area contributed by atoms with Crippen molar-refractivity contribution in [2.75, 3.05) is 0 Å². The molecule has 0 heterocycles. The van der Waals surface area contributed by atoms with E-state index in [9.17, 15) is 19.2 Å². The number of benzene rings is 2. The summed E-state index contributed by atoms with van der Waals surface area (Å²) in [6.07, 6.45) is -0.312. The lowest BCUT2D eigenvalue weighted by Gasteiger charge is -2.10. The fourth-order valence-corrected chi connectivity index (χ4v) is 3.30. The monoisotopic (exact) mass is 606 g/mol. The number of halogens is 2. The van der Waals surface area contributed by atoms with Crippen LogP contribution in [-0.2, 0) is 9.59 Å². The lowest BCUT2D eigenvalue weighted by atomic mass is 10.2. The van der Waals surface area contributed by atoms with E-state index in [1.807, 2.05) is 45.2 Å². The summed E-state index contributed by atoms with van der Waals surface area (Å²) < 4.78 is 1.49. The van der Waals surface area contributed by atoms with E-state index in [-0.39, 0.29) is 12.8 Å². The van der Waals surface area contributed by atoms with Crippen LogP contribution in [0.4, 0.5) is 0 Å². The van der Waals surface area contributed by atoms with Crippen LogP contribution in [0, 0.1) is 7.14 Å². The van der Waals surface area contributed by atoms with Crippen molar-refractivity contribution in [2.24, 2.45) is 0 Å². The van der Waals surface area contributed by atoms with Gasteiger partial charge in [-0.2, -0.15) is 0 Å². The molecular weight excluding hydrogens is 590 g/mol. The summed E-state index contributed by atoms with van der Waals surface area (Å²) in [4.78, 5) is 47.5. The molecular formula is C18H16I2N4O4. The van der Waals surface area contributed by atoms with E-state index in [1.54, 1.807) is 48.5 Å². The highest BCUT2D eigenvalue weighted by Gasteiger charge is 2.13. The minimum absolute atomic E-state index is 0.156. The number of hydrogen-bond donors (Lipinski definition) is 4. The number of amides is 4. The van der Waals surface area contributed by atoms with Crippen LogP contribution in [0.2, 0.25) is 0 Å². The highest BCUT2D eigenvalue weighted by Crippen LogP contribution is 2.11. The lowest BCUT2D eigenvalue weighted by Crippen LogP contribution is -2.44. The Morgan fingerprint density at radius 2 is 0.964 bits per heavy atom. The van der Waals surface area contributed by atoms with Crippen molar-refractivity contribution in [3.05, 3.63) is 66.8 Å². The smallest absolute Gasteiger partial charge is 0.270 e. The van der Waals surface area contributed by atoms with Crippen LogP contribution in [0.3, 0.4) is 0 Å². The second-order valence-corrected chi connectivity index (χ2v) is 7.79. The number of hydrogen-bond acceptors (Lipinski definition) is 4. The molecule has 2 rings (SSSR count). The Morgan fingerprint density at radius 1 is 0.607 bits per heavy atom. The fraction of sp³-hybridized carbons (Fsp3) is 0.111. The molecule has 0 saturated heterocycles. The molecule has 2 aromatic rings. The molecule has 4 N–H and O–H groups in total. The van der Waals surface area contributed by atoms with Crippen molar-refractivity contribution in [3.8, 4) is 0 Å². The van der Waals surface area contributed by atoms with Crippen LogP contribution < -0.4 is 21.7 Å². The molecule has 28 heavy (non-hydrogen) atoms. The Bertz CT molecular complexity index is 831.